The van der Waals surface area contributed by atoms with Crippen LogP contribution in [-0.2, 0) is 4.57 Å². The third-order valence-electron chi connectivity index (χ3n) is 1.74. The number of hydrogen-bond acceptors (Lipinski definition) is 4. The summed E-state index contributed by atoms with van der Waals surface area (Å²) in [4.78, 5) is 17.2. The van der Waals surface area contributed by atoms with Crippen molar-refractivity contribution < 1.29 is 23.8 Å². The fourth-order valence-corrected chi connectivity index (χ4v) is 1.30. The highest BCUT2D eigenvalue weighted by Gasteiger charge is 2.12. The molecule has 0 unspecified atom stereocenters. The van der Waals surface area contributed by atoms with E-state index in [1.54, 1.807) is 18.2 Å². The van der Waals surface area contributed by atoms with Gasteiger partial charge in [0.2, 0.25) is 0 Å². The van der Waals surface area contributed by atoms with E-state index in [-0.39, 0.29) is 0 Å². The predicted molar refractivity (Wildman–Crippen MR) is 58.3 cm³/mol. The van der Waals surface area contributed by atoms with Crippen LogP contribution in [0.4, 0.5) is 5.69 Å². The largest absolute Gasteiger partial charge is 0.497 e. The topological polar surface area (TPSA) is 100 Å². The summed E-state index contributed by atoms with van der Waals surface area (Å²) >= 11 is 0. The van der Waals surface area contributed by atoms with E-state index < -0.39 is 7.75 Å². The molecule has 0 radical (unpaired) electrons. The molecule has 0 bridgehead atoms. The Morgan fingerprint density at radius 1 is 1.25 bits per heavy atom. The number of benzene rings is 1. The van der Waals surface area contributed by atoms with Crippen LogP contribution in [0, 0.1) is 0 Å². The average Bonchev–Trinajstić information content (AvgIpc) is 2.25. The lowest BCUT2D eigenvalue weighted by atomic mass is 10.3. The molecule has 0 aliphatic heterocycles. The molecule has 0 saturated heterocycles. The Hall–Kier alpha value is -1.27. The van der Waals surface area contributed by atoms with Crippen LogP contribution >= 0.6 is 7.75 Å². The SMILES string of the molecule is COc1ccc(NNP(=O)(O)O)c(OC)c1. The van der Waals surface area contributed by atoms with Crippen molar-refractivity contribution in [2.24, 2.45) is 0 Å². The second-order valence-electron chi connectivity index (χ2n) is 2.85. The fourth-order valence-electron chi connectivity index (χ4n) is 1.03. The molecular weight excluding hydrogens is 235 g/mol. The van der Waals surface area contributed by atoms with Crippen LogP contribution in [0.3, 0.4) is 0 Å². The standard InChI is InChI=1S/C8H13N2O5P/c1-14-6-3-4-7(8(5-6)15-2)9-10-16(11,12)13/h3-5,9H,1-2H3,(H3,10,11,12,13). The Labute approximate surface area is 92.6 Å². The van der Waals surface area contributed by atoms with Crippen molar-refractivity contribution in [2.75, 3.05) is 19.6 Å². The van der Waals surface area contributed by atoms with E-state index in [0.29, 0.717) is 17.2 Å². The molecule has 0 fully saturated rings. The zero-order chi connectivity index (χ0) is 12.2. The smallest absolute Gasteiger partial charge is 0.417 e. The van der Waals surface area contributed by atoms with E-state index in [4.69, 9.17) is 19.3 Å². The normalized spacial score (nSPS) is 11.0. The van der Waals surface area contributed by atoms with Crippen molar-refractivity contribution in [2.45, 2.75) is 0 Å². The van der Waals surface area contributed by atoms with Crippen LogP contribution in [-0.4, -0.2) is 24.0 Å². The molecule has 8 heteroatoms. The lowest BCUT2D eigenvalue weighted by Gasteiger charge is -2.13. The van der Waals surface area contributed by atoms with Gasteiger partial charge in [0.05, 0.1) is 19.9 Å². The van der Waals surface area contributed by atoms with Crippen molar-refractivity contribution in [1.82, 2.24) is 5.20 Å². The number of nitrogens with one attached hydrogen (secondary N) is 2. The van der Waals surface area contributed by atoms with Gasteiger partial charge in [-0.3, -0.25) is 0 Å². The first kappa shape index (κ1) is 12.8. The highest BCUT2D eigenvalue weighted by Crippen LogP contribution is 2.32. The molecule has 0 aromatic heterocycles. The molecule has 0 heterocycles. The van der Waals surface area contributed by atoms with Crippen molar-refractivity contribution in [3.63, 3.8) is 0 Å². The van der Waals surface area contributed by atoms with Crippen LogP contribution in [0.1, 0.15) is 0 Å². The van der Waals surface area contributed by atoms with Crippen LogP contribution < -0.4 is 20.1 Å². The van der Waals surface area contributed by atoms with Gasteiger partial charge in [-0.15, -0.1) is 5.20 Å². The van der Waals surface area contributed by atoms with Crippen molar-refractivity contribution in [3.05, 3.63) is 18.2 Å². The quantitative estimate of drug-likeness (QED) is 0.450. The first-order valence-corrected chi connectivity index (χ1v) is 5.88. The molecule has 90 valence electrons. The van der Waals surface area contributed by atoms with Crippen molar-refractivity contribution in [3.8, 4) is 11.5 Å². The molecule has 0 aliphatic carbocycles. The minimum atomic E-state index is -4.33. The van der Waals surface area contributed by atoms with Gasteiger partial charge in [0.25, 0.3) is 0 Å². The van der Waals surface area contributed by atoms with Gasteiger partial charge in [0, 0.05) is 6.07 Å². The van der Waals surface area contributed by atoms with Crippen molar-refractivity contribution in [1.29, 1.82) is 0 Å². The Morgan fingerprint density at radius 3 is 2.44 bits per heavy atom. The summed E-state index contributed by atoms with van der Waals surface area (Å²) in [5, 5.41) is 1.85. The van der Waals surface area contributed by atoms with Gasteiger partial charge in [-0.2, -0.15) is 0 Å². The monoisotopic (exact) mass is 248 g/mol. The van der Waals surface area contributed by atoms with Crippen LogP contribution in [0.5, 0.6) is 11.5 Å². The summed E-state index contributed by atoms with van der Waals surface area (Å²) in [6, 6.07) is 4.79. The minimum absolute atomic E-state index is 0.395. The van der Waals surface area contributed by atoms with E-state index in [9.17, 15) is 4.57 Å². The molecule has 1 aromatic carbocycles. The van der Waals surface area contributed by atoms with Gasteiger partial charge >= 0.3 is 7.75 Å². The number of ether oxygens (including phenoxy) is 2. The van der Waals surface area contributed by atoms with Gasteiger partial charge in [0.1, 0.15) is 11.5 Å². The van der Waals surface area contributed by atoms with E-state index >= 15 is 0 Å². The van der Waals surface area contributed by atoms with E-state index in [2.05, 4.69) is 5.43 Å². The van der Waals surface area contributed by atoms with Crippen LogP contribution in [0.2, 0.25) is 0 Å². The predicted octanol–water partition coefficient (Wildman–Crippen LogP) is 0.713. The summed E-state index contributed by atoms with van der Waals surface area (Å²) in [6.07, 6.45) is 0. The molecule has 0 aliphatic rings. The van der Waals surface area contributed by atoms with Gasteiger partial charge in [-0.05, 0) is 12.1 Å². The maximum atomic E-state index is 10.6. The van der Waals surface area contributed by atoms with E-state index in [1.165, 1.54) is 14.2 Å². The van der Waals surface area contributed by atoms with Gasteiger partial charge in [-0.1, -0.05) is 0 Å². The van der Waals surface area contributed by atoms with Gasteiger partial charge in [-0.25, -0.2) is 4.57 Å². The maximum absolute atomic E-state index is 10.6. The van der Waals surface area contributed by atoms with Crippen LogP contribution in [0.25, 0.3) is 0 Å². The average molecular weight is 248 g/mol. The number of hydrazine groups is 1. The molecule has 0 spiro atoms. The minimum Gasteiger partial charge on any atom is -0.497 e. The molecule has 4 N–H and O–H groups in total. The maximum Gasteiger partial charge on any atom is 0.417 e. The molecule has 0 amide bonds. The molecule has 16 heavy (non-hydrogen) atoms. The van der Waals surface area contributed by atoms with E-state index in [0.717, 1.165) is 0 Å². The number of anilines is 1. The highest BCUT2D eigenvalue weighted by atomic mass is 31.2. The molecular formula is C8H13N2O5P. The number of methoxy groups -OCH3 is 2. The zero-order valence-electron chi connectivity index (χ0n) is 8.80. The summed E-state index contributed by atoms with van der Waals surface area (Å²) in [5.74, 6) is 0.985. The molecule has 1 aromatic rings. The third-order valence-corrected chi connectivity index (χ3v) is 2.15. The molecule has 0 atom stereocenters. The van der Waals surface area contributed by atoms with Crippen molar-refractivity contribution >= 4 is 13.4 Å². The zero-order valence-corrected chi connectivity index (χ0v) is 9.69. The molecule has 0 saturated carbocycles. The second-order valence-corrected chi connectivity index (χ2v) is 4.16. The fraction of sp³-hybridized carbons (Fsp3) is 0.250. The number of hydrogen-bond donors (Lipinski definition) is 4. The number of rotatable bonds is 5. The summed E-state index contributed by atoms with van der Waals surface area (Å²) in [5.41, 5.74) is 2.76. The first-order valence-electron chi connectivity index (χ1n) is 4.27. The second kappa shape index (κ2) is 5.18. The van der Waals surface area contributed by atoms with E-state index in [1.807, 2.05) is 5.20 Å². The Morgan fingerprint density at radius 2 is 1.94 bits per heavy atom. The Bertz CT molecular complexity index is 405. The van der Waals surface area contributed by atoms with Gasteiger partial charge in [0.15, 0.2) is 0 Å². The lowest BCUT2D eigenvalue weighted by molar-refractivity contribution is 0.361. The summed E-state index contributed by atoms with van der Waals surface area (Å²) < 4.78 is 20.6. The highest BCUT2D eigenvalue weighted by molar-refractivity contribution is 7.49. The Balaban J connectivity index is 2.83. The van der Waals surface area contributed by atoms with Gasteiger partial charge < -0.3 is 24.7 Å². The molecule has 7 nitrogen and oxygen atoms in total. The summed E-state index contributed by atoms with van der Waals surface area (Å²) in [7, 11) is -1.38. The first-order chi connectivity index (χ1) is 7.46. The molecule has 1 rings (SSSR count). The Kier molecular flexibility index (Phi) is 4.14. The third kappa shape index (κ3) is 3.71. The van der Waals surface area contributed by atoms with Crippen LogP contribution in [0.15, 0.2) is 18.2 Å². The lowest BCUT2D eigenvalue weighted by Crippen LogP contribution is -2.18. The summed E-state index contributed by atoms with van der Waals surface area (Å²) in [6.45, 7) is 0.